The topological polar surface area (TPSA) is 89.2 Å². The normalized spacial score (nSPS) is 9.37. The van der Waals surface area contributed by atoms with Gasteiger partial charge in [0.1, 0.15) is 12.1 Å². The molecule has 6 heteroatoms. The molecule has 0 saturated heterocycles. The van der Waals surface area contributed by atoms with Gasteiger partial charge >= 0.3 is 0 Å². The molecule has 2 rings (SSSR count). The molecule has 0 N–H and O–H groups in total. The minimum atomic E-state index is 0.118. The molecule has 0 saturated carbocycles. The van der Waals surface area contributed by atoms with Gasteiger partial charge in [-0.05, 0) is 17.7 Å². The second-order valence-corrected chi connectivity index (χ2v) is 4.57. The van der Waals surface area contributed by atoms with Crippen molar-refractivity contribution in [2.24, 2.45) is 0 Å². The number of imidazole rings is 1. The Kier molecular flexibility index (Phi) is 3.61. The van der Waals surface area contributed by atoms with E-state index in [0.29, 0.717) is 12.1 Å². The van der Waals surface area contributed by atoms with E-state index in [2.05, 4.69) is 27.0 Å². The standard InChI is InChI=1S/C13H6BrN5/c14-11-3-9(4-15)1-2-10(11)7-19-8-18-12(5-16)13(19)6-17/h1-3,8H,7H2. The SMILES string of the molecule is N#Cc1ccc(Cn2cnc(C#N)c2C#N)c(Br)c1. The summed E-state index contributed by atoms with van der Waals surface area (Å²) >= 11 is 3.38. The third-order valence-corrected chi connectivity index (χ3v) is 3.31. The number of rotatable bonds is 2. The number of hydrogen-bond acceptors (Lipinski definition) is 4. The molecule has 0 fully saturated rings. The van der Waals surface area contributed by atoms with Crippen LogP contribution in [-0.4, -0.2) is 9.55 Å². The number of benzene rings is 1. The molecule has 5 nitrogen and oxygen atoms in total. The smallest absolute Gasteiger partial charge is 0.176 e. The molecule has 0 spiro atoms. The van der Waals surface area contributed by atoms with Gasteiger partial charge in [0.05, 0.1) is 24.5 Å². The first kappa shape index (κ1) is 12.8. The largest absolute Gasteiger partial charge is 0.317 e. The van der Waals surface area contributed by atoms with Gasteiger partial charge in [-0.1, -0.05) is 22.0 Å². The average molecular weight is 312 g/mol. The van der Waals surface area contributed by atoms with Gasteiger partial charge in [0.2, 0.25) is 0 Å². The van der Waals surface area contributed by atoms with E-state index in [9.17, 15) is 0 Å². The quantitative estimate of drug-likeness (QED) is 0.851. The molecule has 0 aliphatic heterocycles. The van der Waals surface area contributed by atoms with Crippen LogP contribution in [0, 0.1) is 34.0 Å². The molecule has 1 aromatic heterocycles. The van der Waals surface area contributed by atoms with Gasteiger partial charge in [-0.2, -0.15) is 15.8 Å². The molecule has 0 unspecified atom stereocenters. The Balaban J connectivity index is 2.38. The molecular weight excluding hydrogens is 306 g/mol. The monoisotopic (exact) mass is 311 g/mol. The summed E-state index contributed by atoms with van der Waals surface area (Å²) in [5, 5.41) is 26.7. The van der Waals surface area contributed by atoms with Crippen LogP contribution in [0.5, 0.6) is 0 Å². The lowest BCUT2D eigenvalue weighted by Gasteiger charge is -2.06. The van der Waals surface area contributed by atoms with E-state index in [1.807, 2.05) is 12.1 Å². The van der Waals surface area contributed by atoms with Crippen LogP contribution in [0.15, 0.2) is 29.0 Å². The highest BCUT2D eigenvalue weighted by molar-refractivity contribution is 9.10. The minimum Gasteiger partial charge on any atom is -0.317 e. The van der Waals surface area contributed by atoms with Crippen molar-refractivity contribution in [2.45, 2.75) is 6.54 Å². The number of nitriles is 3. The molecular formula is C13H6BrN5. The van der Waals surface area contributed by atoms with Crippen molar-refractivity contribution >= 4 is 15.9 Å². The van der Waals surface area contributed by atoms with Gasteiger partial charge in [0.25, 0.3) is 0 Å². The Morgan fingerprint density at radius 2 is 1.95 bits per heavy atom. The van der Waals surface area contributed by atoms with Gasteiger partial charge < -0.3 is 4.57 Å². The van der Waals surface area contributed by atoms with Crippen LogP contribution in [-0.2, 0) is 6.54 Å². The molecule has 1 heterocycles. The Morgan fingerprint density at radius 3 is 2.53 bits per heavy atom. The Labute approximate surface area is 118 Å². The molecule has 0 atom stereocenters. The zero-order chi connectivity index (χ0) is 13.8. The van der Waals surface area contributed by atoms with Gasteiger partial charge in [-0.3, -0.25) is 0 Å². The van der Waals surface area contributed by atoms with Crippen molar-refractivity contribution in [3.8, 4) is 18.2 Å². The second-order valence-electron chi connectivity index (χ2n) is 3.71. The Hall–Kier alpha value is -2.62. The van der Waals surface area contributed by atoms with E-state index in [4.69, 9.17) is 15.8 Å². The lowest BCUT2D eigenvalue weighted by molar-refractivity contribution is 0.782. The first-order chi connectivity index (χ1) is 9.19. The first-order valence-corrected chi connectivity index (χ1v) is 6.02. The zero-order valence-electron chi connectivity index (χ0n) is 9.63. The number of nitrogens with zero attached hydrogens (tertiary/aromatic N) is 5. The number of aromatic nitrogens is 2. The van der Waals surface area contributed by atoms with E-state index < -0.39 is 0 Å². The Morgan fingerprint density at radius 1 is 1.16 bits per heavy atom. The van der Waals surface area contributed by atoms with Crippen LogP contribution in [0.25, 0.3) is 0 Å². The lowest BCUT2D eigenvalue weighted by Crippen LogP contribution is -2.02. The van der Waals surface area contributed by atoms with Crippen molar-refractivity contribution in [2.75, 3.05) is 0 Å². The first-order valence-electron chi connectivity index (χ1n) is 5.23. The minimum absolute atomic E-state index is 0.118. The van der Waals surface area contributed by atoms with Crippen LogP contribution in [0.3, 0.4) is 0 Å². The molecule has 0 bridgehead atoms. The van der Waals surface area contributed by atoms with Crippen molar-refractivity contribution in [1.29, 1.82) is 15.8 Å². The summed E-state index contributed by atoms with van der Waals surface area (Å²) in [6.45, 7) is 0.407. The lowest BCUT2D eigenvalue weighted by atomic mass is 10.1. The highest BCUT2D eigenvalue weighted by atomic mass is 79.9. The van der Waals surface area contributed by atoms with Crippen LogP contribution in [0.1, 0.15) is 22.5 Å². The highest BCUT2D eigenvalue weighted by Gasteiger charge is 2.11. The summed E-state index contributed by atoms with van der Waals surface area (Å²) in [6, 6.07) is 11.1. The fourth-order valence-corrected chi connectivity index (χ4v) is 2.13. The highest BCUT2D eigenvalue weighted by Crippen LogP contribution is 2.20. The predicted molar refractivity (Wildman–Crippen MR) is 69.6 cm³/mol. The average Bonchev–Trinajstić information content (AvgIpc) is 2.82. The van der Waals surface area contributed by atoms with Crippen LogP contribution < -0.4 is 0 Å². The van der Waals surface area contributed by atoms with Crippen LogP contribution in [0.2, 0.25) is 0 Å². The summed E-state index contributed by atoms with van der Waals surface area (Å²) in [6.07, 6.45) is 1.46. The van der Waals surface area contributed by atoms with Crippen molar-refractivity contribution in [1.82, 2.24) is 9.55 Å². The van der Waals surface area contributed by atoms with Gasteiger partial charge in [0, 0.05) is 4.47 Å². The molecule has 0 aliphatic rings. The summed E-state index contributed by atoms with van der Waals surface area (Å²) in [4.78, 5) is 3.88. The van der Waals surface area contributed by atoms with E-state index in [0.717, 1.165) is 10.0 Å². The van der Waals surface area contributed by atoms with Crippen molar-refractivity contribution in [3.05, 3.63) is 51.5 Å². The van der Waals surface area contributed by atoms with Gasteiger partial charge in [-0.25, -0.2) is 4.98 Å². The molecule has 1 aromatic carbocycles. The summed E-state index contributed by atoms with van der Waals surface area (Å²) < 4.78 is 2.38. The van der Waals surface area contributed by atoms with E-state index in [1.165, 1.54) is 6.33 Å². The van der Waals surface area contributed by atoms with Crippen molar-refractivity contribution in [3.63, 3.8) is 0 Å². The van der Waals surface area contributed by atoms with Gasteiger partial charge in [-0.15, -0.1) is 0 Å². The molecule has 0 amide bonds. The Bertz CT molecular complexity index is 755. The maximum absolute atomic E-state index is 9.03. The number of hydrogen-bond donors (Lipinski definition) is 0. The van der Waals surface area contributed by atoms with Crippen LogP contribution >= 0.6 is 15.9 Å². The van der Waals surface area contributed by atoms with Crippen molar-refractivity contribution < 1.29 is 0 Å². The summed E-state index contributed by atoms with van der Waals surface area (Å²) in [5.41, 5.74) is 1.81. The third kappa shape index (κ3) is 2.47. The molecule has 0 aliphatic carbocycles. The number of halogens is 1. The van der Waals surface area contributed by atoms with Crippen LogP contribution in [0.4, 0.5) is 0 Å². The fourth-order valence-electron chi connectivity index (χ4n) is 1.63. The van der Waals surface area contributed by atoms with E-state index in [1.54, 1.807) is 22.8 Å². The van der Waals surface area contributed by atoms with E-state index >= 15 is 0 Å². The summed E-state index contributed by atoms with van der Waals surface area (Å²) in [7, 11) is 0. The zero-order valence-corrected chi connectivity index (χ0v) is 11.2. The molecule has 19 heavy (non-hydrogen) atoms. The predicted octanol–water partition coefficient (Wildman–Crippen LogP) is 2.31. The third-order valence-electron chi connectivity index (χ3n) is 2.57. The summed E-state index contributed by atoms with van der Waals surface area (Å²) in [5.74, 6) is 0. The molecule has 0 radical (unpaired) electrons. The van der Waals surface area contributed by atoms with E-state index in [-0.39, 0.29) is 11.4 Å². The maximum atomic E-state index is 9.03. The second kappa shape index (κ2) is 5.35. The molecule has 2 aromatic rings. The molecule has 90 valence electrons. The fraction of sp³-hybridized carbons (Fsp3) is 0.0769. The maximum Gasteiger partial charge on any atom is 0.176 e. The van der Waals surface area contributed by atoms with Gasteiger partial charge in [0.15, 0.2) is 11.4 Å².